The van der Waals surface area contributed by atoms with Gasteiger partial charge in [0.25, 0.3) is 0 Å². The van der Waals surface area contributed by atoms with Crippen LogP contribution in [0.4, 0.5) is 0 Å². The second kappa shape index (κ2) is 7.22. The van der Waals surface area contributed by atoms with E-state index in [1.54, 1.807) is 24.3 Å². The van der Waals surface area contributed by atoms with Crippen LogP contribution in [0.5, 0.6) is 0 Å². The molecule has 0 atom stereocenters. The number of rotatable bonds is 0. The maximum absolute atomic E-state index is 11.4. The average Bonchev–Trinajstić information content (AvgIpc) is 2.63. The molecule has 0 bridgehead atoms. The summed E-state index contributed by atoms with van der Waals surface area (Å²) in [6.07, 6.45) is 5.84. The van der Waals surface area contributed by atoms with Crippen molar-refractivity contribution in [1.82, 2.24) is 4.98 Å². The van der Waals surface area contributed by atoms with Gasteiger partial charge in [0.2, 0.25) is 5.69 Å². The minimum absolute atomic E-state index is 0.0986. The lowest BCUT2D eigenvalue weighted by Crippen LogP contribution is -2.35. The number of fused-ring (bicyclic) bond motifs is 2. The van der Waals surface area contributed by atoms with Gasteiger partial charge >= 0.3 is 0 Å². The smallest absolute Gasteiger partial charge is 0.203 e. The maximum atomic E-state index is 11.4. The van der Waals surface area contributed by atoms with Crippen molar-refractivity contribution < 1.29 is 14.3 Å². The Bertz CT molecular complexity index is 884. The maximum Gasteiger partial charge on any atom is 0.203 e. The molecule has 0 fully saturated rings. The van der Waals surface area contributed by atoms with Crippen LogP contribution in [0, 0.1) is 16.5 Å². The molecule has 25 heavy (non-hydrogen) atoms. The molecule has 0 aliphatic heterocycles. The Hall–Kier alpha value is -3.07. The molecule has 6 nitrogen and oxygen atoms in total. The van der Waals surface area contributed by atoms with E-state index >= 15 is 0 Å². The van der Waals surface area contributed by atoms with Crippen molar-refractivity contribution in [3.8, 4) is 6.07 Å². The quantitative estimate of drug-likeness (QED) is 0.543. The van der Waals surface area contributed by atoms with Gasteiger partial charge in [0.05, 0.1) is 11.3 Å². The van der Waals surface area contributed by atoms with E-state index in [0.29, 0.717) is 35.4 Å². The van der Waals surface area contributed by atoms with Gasteiger partial charge < -0.3 is 5.21 Å². The zero-order valence-corrected chi connectivity index (χ0v) is 13.7. The van der Waals surface area contributed by atoms with E-state index in [1.807, 2.05) is 6.07 Å². The summed E-state index contributed by atoms with van der Waals surface area (Å²) in [5, 5.41) is 19.8. The van der Waals surface area contributed by atoms with Crippen molar-refractivity contribution in [3.63, 3.8) is 0 Å². The fourth-order valence-electron chi connectivity index (χ4n) is 3.13. The number of aryl methyl sites for hydroxylation is 1. The summed E-state index contributed by atoms with van der Waals surface area (Å²) in [4.78, 5) is 26.7. The van der Waals surface area contributed by atoms with Gasteiger partial charge in [-0.05, 0) is 37.5 Å². The number of hydrogen-bond donors (Lipinski definition) is 0. The topological polar surface area (TPSA) is 97.8 Å². The molecular formula is C19H17N3O3. The van der Waals surface area contributed by atoms with Crippen molar-refractivity contribution >= 4 is 11.6 Å². The molecule has 0 radical (unpaired) electrons. The molecule has 4 rings (SSSR count). The van der Waals surface area contributed by atoms with E-state index in [2.05, 4.69) is 4.98 Å². The van der Waals surface area contributed by atoms with Crippen molar-refractivity contribution in [1.29, 1.82) is 5.26 Å². The van der Waals surface area contributed by atoms with Crippen LogP contribution in [-0.2, 0) is 12.8 Å². The third-order valence-corrected chi connectivity index (χ3v) is 4.39. The molecular weight excluding hydrogens is 318 g/mol. The lowest BCUT2D eigenvalue weighted by Gasteiger charge is -2.12. The van der Waals surface area contributed by atoms with Gasteiger partial charge in [0.15, 0.2) is 17.8 Å². The van der Waals surface area contributed by atoms with E-state index < -0.39 is 0 Å². The normalized spacial score (nSPS) is 15.3. The number of carbonyl (C=O) groups is 2. The van der Waals surface area contributed by atoms with E-state index in [1.165, 1.54) is 6.20 Å². The molecule has 2 heterocycles. The number of Topliss-reactive ketones (excluding diaryl/α,β-unsaturated/α-hetero) is 2. The lowest BCUT2D eigenvalue weighted by atomic mass is 9.95. The summed E-state index contributed by atoms with van der Waals surface area (Å²) < 4.78 is 0.798. The molecule has 0 amide bonds. The molecule has 2 aliphatic rings. The number of nitrogens with zero attached hydrogens (tertiary/aromatic N) is 3. The van der Waals surface area contributed by atoms with Gasteiger partial charge in [0.1, 0.15) is 11.8 Å². The fourth-order valence-corrected chi connectivity index (χ4v) is 3.13. The lowest BCUT2D eigenvalue weighted by molar-refractivity contribution is -0.614. The number of hydrogen-bond acceptors (Lipinski definition) is 5. The summed E-state index contributed by atoms with van der Waals surface area (Å²) >= 11 is 0. The number of nitriles is 1. The van der Waals surface area contributed by atoms with Crippen LogP contribution in [0.25, 0.3) is 0 Å². The number of ketones is 2. The minimum Gasteiger partial charge on any atom is -0.618 e. The second-order valence-electron chi connectivity index (χ2n) is 6.05. The van der Waals surface area contributed by atoms with Crippen LogP contribution >= 0.6 is 0 Å². The Morgan fingerprint density at radius 1 is 1.00 bits per heavy atom. The van der Waals surface area contributed by atoms with Crippen LogP contribution in [0.1, 0.15) is 63.5 Å². The van der Waals surface area contributed by atoms with Gasteiger partial charge in [-0.3, -0.25) is 9.59 Å². The first kappa shape index (κ1) is 16.8. The fraction of sp³-hybridized carbons (Fsp3) is 0.316. The van der Waals surface area contributed by atoms with Crippen molar-refractivity contribution in [2.24, 2.45) is 0 Å². The monoisotopic (exact) mass is 335 g/mol. The Labute approximate surface area is 145 Å². The van der Waals surface area contributed by atoms with Crippen LogP contribution in [-0.4, -0.2) is 16.6 Å². The molecule has 2 aliphatic carbocycles. The number of pyridine rings is 2. The summed E-state index contributed by atoms with van der Waals surface area (Å²) in [6, 6.07) is 8.63. The van der Waals surface area contributed by atoms with E-state index in [9.17, 15) is 14.8 Å². The van der Waals surface area contributed by atoms with E-state index in [0.717, 1.165) is 36.1 Å². The summed E-state index contributed by atoms with van der Waals surface area (Å²) in [7, 11) is 0. The van der Waals surface area contributed by atoms with E-state index in [-0.39, 0.29) is 11.6 Å². The SMILES string of the molecule is N#Cc1ccc2c(n1)CCCC2=O.O=C1CCCc2c1ccc[n+]2[O-]. The van der Waals surface area contributed by atoms with Crippen LogP contribution in [0.15, 0.2) is 30.5 Å². The number of aromatic nitrogens is 2. The summed E-state index contributed by atoms with van der Waals surface area (Å²) in [5.41, 5.74) is 3.13. The zero-order chi connectivity index (χ0) is 17.8. The van der Waals surface area contributed by atoms with Crippen molar-refractivity contribution in [2.75, 3.05) is 0 Å². The highest BCUT2D eigenvalue weighted by Gasteiger charge is 2.22. The van der Waals surface area contributed by atoms with Crippen molar-refractivity contribution in [3.05, 3.63) is 63.9 Å². The third kappa shape index (κ3) is 3.56. The van der Waals surface area contributed by atoms with Crippen molar-refractivity contribution in [2.45, 2.75) is 38.5 Å². The Balaban J connectivity index is 0.000000146. The molecule has 0 spiro atoms. The molecule has 0 unspecified atom stereocenters. The van der Waals surface area contributed by atoms with Crippen LogP contribution < -0.4 is 4.73 Å². The van der Waals surface area contributed by atoms with E-state index in [4.69, 9.17) is 5.26 Å². The van der Waals surface area contributed by atoms with Gasteiger partial charge in [-0.1, -0.05) is 0 Å². The van der Waals surface area contributed by atoms with Gasteiger partial charge in [-0.15, -0.1) is 0 Å². The first-order chi connectivity index (χ1) is 12.1. The Morgan fingerprint density at radius 2 is 1.72 bits per heavy atom. The largest absolute Gasteiger partial charge is 0.618 e. The number of carbonyl (C=O) groups excluding carboxylic acids is 2. The highest BCUT2D eigenvalue weighted by molar-refractivity contribution is 5.98. The highest BCUT2D eigenvalue weighted by atomic mass is 16.5. The molecule has 0 saturated heterocycles. The van der Waals surface area contributed by atoms with Gasteiger partial charge in [0, 0.05) is 30.9 Å². The predicted molar refractivity (Wildman–Crippen MR) is 88.9 cm³/mol. The predicted octanol–water partition coefficient (Wildman–Crippen LogP) is 2.31. The third-order valence-electron chi connectivity index (χ3n) is 4.39. The summed E-state index contributed by atoms with van der Waals surface area (Å²) in [5.74, 6) is 0.250. The minimum atomic E-state index is 0.0986. The molecule has 0 aromatic carbocycles. The molecule has 6 heteroatoms. The first-order valence-electron chi connectivity index (χ1n) is 8.27. The first-order valence-corrected chi connectivity index (χ1v) is 8.27. The molecule has 2 aromatic rings. The Morgan fingerprint density at radius 3 is 2.44 bits per heavy atom. The standard InChI is InChI=1S/C10H8N2O.C9H9NO2/c11-6-7-4-5-8-9(12-7)2-1-3-10(8)13;11-9-5-1-4-8-7(9)3-2-6-10(8)12/h4-5H,1-3H2;2-3,6H,1,4-5H2. The molecule has 0 N–H and O–H groups in total. The van der Waals surface area contributed by atoms with Gasteiger partial charge in [-0.25, -0.2) is 4.98 Å². The van der Waals surface area contributed by atoms with Crippen LogP contribution in [0.3, 0.4) is 0 Å². The highest BCUT2D eigenvalue weighted by Crippen LogP contribution is 2.19. The molecule has 126 valence electrons. The molecule has 2 aromatic heterocycles. The Kier molecular flexibility index (Phi) is 4.85. The molecule has 0 saturated carbocycles. The zero-order valence-electron chi connectivity index (χ0n) is 13.7. The summed E-state index contributed by atoms with van der Waals surface area (Å²) in [6.45, 7) is 0. The van der Waals surface area contributed by atoms with Crippen LogP contribution in [0.2, 0.25) is 0 Å². The second-order valence-corrected chi connectivity index (χ2v) is 6.05. The van der Waals surface area contributed by atoms with Gasteiger partial charge in [-0.2, -0.15) is 9.99 Å². The average molecular weight is 335 g/mol.